The molecule has 1 aliphatic heterocycles. The molecule has 4 heteroatoms. The van der Waals surface area contributed by atoms with Gasteiger partial charge in [-0.15, -0.1) is 0 Å². The van der Waals surface area contributed by atoms with E-state index in [1.54, 1.807) is 0 Å². The first-order valence-electron chi connectivity index (χ1n) is 4.90. The highest BCUT2D eigenvalue weighted by Gasteiger charge is 2.37. The Morgan fingerprint density at radius 1 is 1.60 bits per heavy atom. The summed E-state index contributed by atoms with van der Waals surface area (Å²) in [5.74, 6) is 0. The van der Waals surface area contributed by atoms with Crippen LogP contribution in [0.3, 0.4) is 0 Å². The van der Waals surface area contributed by atoms with Gasteiger partial charge in [-0.05, 0) is 18.1 Å². The number of carbonyl (C=O) groups is 1. The Morgan fingerprint density at radius 3 is 3.00 bits per heavy atom. The molecule has 0 radical (unpaired) electrons. The van der Waals surface area contributed by atoms with E-state index < -0.39 is 5.60 Å². The Kier molecular flexibility index (Phi) is 2.36. The van der Waals surface area contributed by atoms with Crippen LogP contribution in [0.15, 0.2) is 24.3 Å². The number of alkyl carbamates (subject to hydrolysis) is 1. The molecule has 3 N–H and O–H groups in total. The van der Waals surface area contributed by atoms with E-state index in [4.69, 9.17) is 10.5 Å². The van der Waals surface area contributed by atoms with Gasteiger partial charge in [-0.3, -0.25) is 0 Å². The van der Waals surface area contributed by atoms with Crippen LogP contribution in [0.5, 0.6) is 0 Å². The first-order chi connectivity index (χ1) is 7.14. The van der Waals surface area contributed by atoms with E-state index in [2.05, 4.69) is 5.32 Å². The van der Waals surface area contributed by atoms with E-state index in [1.807, 2.05) is 31.2 Å². The lowest BCUT2D eigenvalue weighted by molar-refractivity contribution is 0.0704. The van der Waals surface area contributed by atoms with Crippen molar-refractivity contribution in [2.24, 2.45) is 5.73 Å². The second kappa shape index (κ2) is 3.55. The minimum atomic E-state index is -0.567. The number of nitrogens with one attached hydrogen (secondary N) is 1. The SMILES string of the molecule is CC1(c2cccc(CN)c2)CNC(=O)O1. The zero-order valence-electron chi connectivity index (χ0n) is 8.62. The van der Waals surface area contributed by atoms with Gasteiger partial charge in [0.1, 0.15) is 0 Å². The molecule has 0 aromatic heterocycles. The molecule has 1 atom stereocenters. The molecule has 1 fully saturated rings. The summed E-state index contributed by atoms with van der Waals surface area (Å²) < 4.78 is 5.24. The van der Waals surface area contributed by atoms with Crippen LogP contribution in [0, 0.1) is 0 Å². The molecule has 0 saturated carbocycles. The van der Waals surface area contributed by atoms with Crippen LogP contribution in [0.4, 0.5) is 4.79 Å². The lowest BCUT2D eigenvalue weighted by Gasteiger charge is -2.21. The topological polar surface area (TPSA) is 64.3 Å². The van der Waals surface area contributed by atoms with Gasteiger partial charge >= 0.3 is 6.09 Å². The number of carbonyl (C=O) groups excluding carboxylic acids is 1. The maximum Gasteiger partial charge on any atom is 0.408 e. The summed E-state index contributed by atoms with van der Waals surface area (Å²) in [5, 5.41) is 2.65. The maximum absolute atomic E-state index is 11.0. The highest BCUT2D eigenvalue weighted by molar-refractivity contribution is 5.70. The molecule has 80 valence electrons. The molecule has 0 aliphatic carbocycles. The van der Waals surface area contributed by atoms with Crippen molar-refractivity contribution >= 4 is 6.09 Å². The number of hydrogen-bond donors (Lipinski definition) is 2. The molecule has 15 heavy (non-hydrogen) atoms. The second-order valence-corrected chi connectivity index (χ2v) is 3.88. The fourth-order valence-corrected chi connectivity index (χ4v) is 1.71. The van der Waals surface area contributed by atoms with E-state index in [9.17, 15) is 4.79 Å². The molecule has 1 amide bonds. The lowest BCUT2D eigenvalue weighted by atomic mass is 9.95. The molecule has 1 unspecified atom stereocenters. The van der Waals surface area contributed by atoms with E-state index in [1.165, 1.54) is 0 Å². The first-order valence-corrected chi connectivity index (χ1v) is 4.90. The van der Waals surface area contributed by atoms with E-state index in [0.717, 1.165) is 11.1 Å². The lowest BCUT2D eigenvalue weighted by Crippen LogP contribution is -2.26. The van der Waals surface area contributed by atoms with Gasteiger partial charge in [0.15, 0.2) is 5.60 Å². The number of benzene rings is 1. The Balaban J connectivity index is 2.32. The summed E-state index contributed by atoms with van der Waals surface area (Å²) in [6.45, 7) is 2.88. The summed E-state index contributed by atoms with van der Waals surface area (Å²) >= 11 is 0. The Bertz CT molecular complexity index is 392. The van der Waals surface area contributed by atoms with Crippen LogP contribution >= 0.6 is 0 Å². The minimum Gasteiger partial charge on any atom is -0.436 e. The first kappa shape index (κ1) is 9.98. The molecule has 4 nitrogen and oxygen atoms in total. The minimum absolute atomic E-state index is 0.365. The molecule has 1 aromatic rings. The molecule has 0 bridgehead atoms. The van der Waals surface area contributed by atoms with E-state index in [-0.39, 0.29) is 6.09 Å². The van der Waals surface area contributed by atoms with Crippen LogP contribution in [0.1, 0.15) is 18.1 Å². The van der Waals surface area contributed by atoms with Crippen molar-refractivity contribution in [3.63, 3.8) is 0 Å². The average molecular weight is 206 g/mol. The van der Waals surface area contributed by atoms with Crippen molar-refractivity contribution in [3.05, 3.63) is 35.4 Å². The van der Waals surface area contributed by atoms with Crippen molar-refractivity contribution in [1.82, 2.24) is 5.32 Å². The number of hydrogen-bond acceptors (Lipinski definition) is 3. The molecule has 0 spiro atoms. The Hall–Kier alpha value is -1.55. The summed E-state index contributed by atoms with van der Waals surface area (Å²) in [7, 11) is 0. The summed E-state index contributed by atoms with van der Waals surface area (Å²) in [4.78, 5) is 11.0. The third kappa shape index (κ3) is 1.80. The van der Waals surface area contributed by atoms with E-state index >= 15 is 0 Å². The van der Waals surface area contributed by atoms with Crippen molar-refractivity contribution in [3.8, 4) is 0 Å². The van der Waals surface area contributed by atoms with Gasteiger partial charge in [0, 0.05) is 6.54 Å². The van der Waals surface area contributed by atoms with Gasteiger partial charge in [0.05, 0.1) is 6.54 Å². The number of rotatable bonds is 2. The monoisotopic (exact) mass is 206 g/mol. The molecule has 1 aromatic carbocycles. The smallest absolute Gasteiger partial charge is 0.408 e. The average Bonchev–Trinajstić information content (AvgIpc) is 2.60. The number of ether oxygens (including phenoxy) is 1. The number of nitrogens with two attached hydrogens (primary N) is 1. The van der Waals surface area contributed by atoms with Crippen molar-refractivity contribution in [2.45, 2.75) is 19.1 Å². The largest absolute Gasteiger partial charge is 0.436 e. The molecule has 1 heterocycles. The van der Waals surface area contributed by atoms with Crippen LogP contribution in [-0.4, -0.2) is 12.6 Å². The van der Waals surface area contributed by atoms with E-state index in [0.29, 0.717) is 13.1 Å². The highest BCUT2D eigenvalue weighted by Crippen LogP contribution is 2.28. The number of amides is 1. The zero-order chi connectivity index (χ0) is 10.9. The van der Waals surface area contributed by atoms with Crippen LogP contribution in [0.25, 0.3) is 0 Å². The standard InChI is InChI=1S/C11H14N2O2/c1-11(7-13-10(14)15-11)9-4-2-3-8(5-9)6-12/h2-5H,6-7,12H2,1H3,(H,13,14). The third-order valence-electron chi connectivity index (χ3n) is 2.66. The predicted octanol–water partition coefficient (Wildman–Crippen LogP) is 1.10. The van der Waals surface area contributed by atoms with Crippen molar-refractivity contribution in [1.29, 1.82) is 0 Å². The number of cyclic esters (lactones) is 1. The Morgan fingerprint density at radius 2 is 2.40 bits per heavy atom. The zero-order valence-corrected chi connectivity index (χ0v) is 8.62. The third-order valence-corrected chi connectivity index (χ3v) is 2.66. The summed E-state index contributed by atoms with van der Waals surface area (Å²) in [6, 6.07) is 7.80. The molecular weight excluding hydrogens is 192 g/mol. The van der Waals surface area contributed by atoms with Gasteiger partial charge in [0.25, 0.3) is 0 Å². The molecule has 2 rings (SSSR count). The van der Waals surface area contributed by atoms with Gasteiger partial charge < -0.3 is 15.8 Å². The Labute approximate surface area is 88.4 Å². The quantitative estimate of drug-likeness (QED) is 0.761. The van der Waals surface area contributed by atoms with Gasteiger partial charge in [-0.25, -0.2) is 4.79 Å². The maximum atomic E-state index is 11.0. The van der Waals surface area contributed by atoms with Crippen LogP contribution in [0.2, 0.25) is 0 Å². The van der Waals surface area contributed by atoms with Gasteiger partial charge in [0.2, 0.25) is 0 Å². The van der Waals surface area contributed by atoms with Crippen LogP contribution < -0.4 is 11.1 Å². The van der Waals surface area contributed by atoms with Gasteiger partial charge in [-0.1, -0.05) is 24.3 Å². The highest BCUT2D eigenvalue weighted by atomic mass is 16.6. The molecular formula is C11H14N2O2. The second-order valence-electron chi connectivity index (χ2n) is 3.88. The summed E-state index contributed by atoms with van der Waals surface area (Å²) in [6.07, 6.45) is -0.365. The van der Waals surface area contributed by atoms with Gasteiger partial charge in [-0.2, -0.15) is 0 Å². The predicted molar refractivity (Wildman–Crippen MR) is 56.2 cm³/mol. The molecule has 1 aliphatic rings. The van der Waals surface area contributed by atoms with Crippen molar-refractivity contribution < 1.29 is 9.53 Å². The fraction of sp³-hybridized carbons (Fsp3) is 0.364. The van der Waals surface area contributed by atoms with Crippen LogP contribution in [-0.2, 0) is 16.9 Å². The fourth-order valence-electron chi connectivity index (χ4n) is 1.71. The summed E-state index contributed by atoms with van der Waals surface area (Å²) in [5.41, 5.74) is 7.01. The molecule has 1 saturated heterocycles. The van der Waals surface area contributed by atoms with Crippen molar-refractivity contribution in [2.75, 3.05) is 6.54 Å². The normalized spacial score (nSPS) is 24.8.